The lowest BCUT2D eigenvalue weighted by molar-refractivity contribution is -0.141. The van der Waals surface area contributed by atoms with E-state index in [-0.39, 0.29) is 25.0 Å². The zero-order chi connectivity index (χ0) is 13.3. The minimum Gasteiger partial charge on any atom is -0.480 e. The molecular formula is C11H18N2O5. The minimum atomic E-state index is -1.07. The van der Waals surface area contributed by atoms with E-state index in [9.17, 15) is 14.7 Å². The average molecular weight is 258 g/mol. The second kappa shape index (κ2) is 5.11. The highest BCUT2D eigenvalue weighted by molar-refractivity contribution is 5.83. The van der Waals surface area contributed by atoms with Gasteiger partial charge in [-0.25, -0.2) is 9.59 Å². The number of nitrogens with zero attached hydrogens (tertiary/aromatic N) is 2. The Bertz CT molecular complexity index is 348. The van der Waals surface area contributed by atoms with E-state index in [2.05, 4.69) is 0 Å². The lowest BCUT2D eigenvalue weighted by Gasteiger charge is -2.37. The van der Waals surface area contributed by atoms with Crippen LogP contribution in [0, 0.1) is 0 Å². The maximum atomic E-state index is 12.3. The molecule has 7 nitrogen and oxygen atoms in total. The van der Waals surface area contributed by atoms with Crippen molar-refractivity contribution in [1.29, 1.82) is 0 Å². The van der Waals surface area contributed by atoms with E-state index in [1.54, 1.807) is 4.90 Å². The number of aliphatic carboxylic acids is 1. The standard InChI is InChI=1S/C11H18N2O5/c1-7-6-18-3-2-12(7)11(17)13-5-8(14)4-9(13)10(15)16/h7-9,14H,2-6H2,1H3,(H,15,16)/t7?,8-,9-/m0/s1. The van der Waals surface area contributed by atoms with Crippen LogP contribution in [0.2, 0.25) is 0 Å². The van der Waals surface area contributed by atoms with Crippen molar-refractivity contribution in [3.8, 4) is 0 Å². The maximum Gasteiger partial charge on any atom is 0.326 e. The van der Waals surface area contributed by atoms with Gasteiger partial charge in [0.1, 0.15) is 6.04 Å². The summed E-state index contributed by atoms with van der Waals surface area (Å²) >= 11 is 0. The SMILES string of the molecule is CC1COCCN1C(=O)N1C[C@@H](O)C[C@H]1C(=O)O. The summed E-state index contributed by atoms with van der Waals surface area (Å²) in [7, 11) is 0. The number of urea groups is 1. The molecule has 2 aliphatic heterocycles. The first kappa shape index (κ1) is 13.1. The first-order valence-corrected chi connectivity index (χ1v) is 6.06. The molecule has 2 amide bonds. The molecule has 0 saturated carbocycles. The molecule has 1 unspecified atom stereocenters. The fourth-order valence-corrected chi connectivity index (χ4v) is 2.44. The number of likely N-dealkylation sites (tertiary alicyclic amines) is 1. The second-order valence-electron chi connectivity index (χ2n) is 4.80. The molecule has 2 heterocycles. The van der Waals surface area contributed by atoms with Gasteiger partial charge in [-0.3, -0.25) is 0 Å². The third-order valence-corrected chi connectivity index (χ3v) is 3.42. The average Bonchev–Trinajstić information content (AvgIpc) is 2.71. The number of aliphatic hydroxyl groups is 1. The van der Waals surface area contributed by atoms with Crippen LogP contribution in [-0.2, 0) is 9.53 Å². The lowest BCUT2D eigenvalue weighted by Crippen LogP contribution is -2.54. The van der Waals surface area contributed by atoms with Gasteiger partial charge >= 0.3 is 12.0 Å². The highest BCUT2D eigenvalue weighted by Gasteiger charge is 2.41. The zero-order valence-corrected chi connectivity index (χ0v) is 10.3. The number of rotatable bonds is 1. The number of hydrogen-bond donors (Lipinski definition) is 2. The van der Waals surface area contributed by atoms with Gasteiger partial charge < -0.3 is 24.7 Å². The third kappa shape index (κ3) is 2.41. The number of morpholine rings is 1. The summed E-state index contributed by atoms with van der Waals surface area (Å²) in [6.45, 7) is 3.32. The van der Waals surface area contributed by atoms with Gasteiger partial charge in [0.2, 0.25) is 0 Å². The molecule has 2 fully saturated rings. The molecule has 2 aliphatic rings. The van der Waals surface area contributed by atoms with Crippen molar-refractivity contribution < 1.29 is 24.5 Å². The Kier molecular flexibility index (Phi) is 3.72. The van der Waals surface area contributed by atoms with Gasteiger partial charge in [0.15, 0.2) is 0 Å². The molecule has 102 valence electrons. The molecule has 0 aromatic carbocycles. The number of aliphatic hydroxyl groups excluding tert-OH is 1. The largest absolute Gasteiger partial charge is 0.480 e. The summed E-state index contributed by atoms with van der Waals surface area (Å²) in [5.74, 6) is -1.07. The summed E-state index contributed by atoms with van der Waals surface area (Å²) in [5.41, 5.74) is 0. The fraction of sp³-hybridized carbons (Fsp3) is 0.818. The summed E-state index contributed by atoms with van der Waals surface area (Å²) in [6, 6.07) is -1.32. The van der Waals surface area contributed by atoms with Crippen LogP contribution >= 0.6 is 0 Å². The molecule has 0 aromatic rings. The Morgan fingerprint density at radius 2 is 2.06 bits per heavy atom. The van der Waals surface area contributed by atoms with Crippen molar-refractivity contribution in [2.75, 3.05) is 26.3 Å². The van der Waals surface area contributed by atoms with Crippen LogP contribution in [0.15, 0.2) is 0 Å². The Labute approximate surface area is 105 Å². The van der Waals surface area contributed by atoms with E-state index in [4.69, 9.17) is 9.84 Å². The lowest BCUT2D eigenvalue weighted by atomic mass is 10.2. The quantitative estimate of drug-likeness (QED) is 0.652. The first-order valence-electron chi connectivity index (χ1n) is 6.06. The predicted molar refractivity (Wildman–Crippen MR) is 61.1 cm³/mol. The van der Waals surface area contributed by atoms with E-state index in [1.165, 1.54) is 4.90 Å². The van der Waals surface area contributed by atoms with E-state index in [0.717, 1.165) is 0 Å². The highest BCUT2D eigenvalue weighted by atomic mass is 16.5. The van der Waals surface area contributed by atoms with Crippen LogP contribution in [-0.4, -0.2) is 76.5 Å². The van der Waals surface area contributed by atoms with Crippen molar-refractivity contribution in [1.82, 2.24) is 9.80 Å². The van der Waals surface area contributed by atoms with Gasteiger partial charge in [-0.2, -0.15) is 0 Å². The number of hydrogen-bond acceptors (Lipinski definition) is 4. The highest BCUT2D eigenvalue weighted by Crippen LogP contribution is 2.21. The number of carbonyl (C=O) groups excluding carboxylic acids is 1. The number of ether oxygens (including phenoxy) is 1. The van der Waals surface area contributed by atoms with E-state index in [0.29, 0.717) is 19.8 Å². The van der Waals surface area contributed by atoms with Crippen molar-refractivity contribution in [2.45, 2.75) is 31.5 Å². The molecule has 7 heteroatoms. The Morgan fingerprint density at radius 1 is 1.33 bits per heavy atom. The van der Waals surface area contributed by atoms with Crippen LogP contribution in [0.4, 0.5) is 4.79 Å². The minimum absolute atomic E-state index is 0.0709. The molecule has 3 atom stereocenters. The third-order valence-electron chi connectivity index (χ3n) is 3.42. The summed E-state index contributed by atoms with van der Waals surface area (Å²) in [4.78, 5) is 26.2. The number of carboxylic acid groups (broad SMARTS) is 1. The molecule has 0 spiro atoms. The molecule has 0 aromatic heterocycles. The summed E-state index contributed by atoms with van der Waals surface area (Å²) in [5, 5.41) is 18.6. The molecule has 2 saturated heterocycles. The van der Waals surface area contributed by atoms with Gasteiger partial charge in [-0.05, 0) is 6.92 Å². The number of β-amino-alcohol motifs (C(OH)–C–C–N with tert-alkyl or cyclic N) is 1. The topological polar surface area (TPSA) is 90.3 Å². The van der Waals surface area contributed by atoms with Crippen molar-refractivity contribution in [3.05, 3.63) is 0 Å². The van der Waals surface area contributed by atoms with Gasteiger partial charge in [0, 0.05) is 19.5 Å². The number of amides is 2. The normalized spacial score (nSPS) is 32.7. The van der Waals surface area contributed by atoms with E-state index < -0.39 is 18.1 Å². The smallest absolute Gasteiger partial charge is 0.326 e. The summed E-state index contributed by atoms with van der Waals surface area (Å²) in [6.07, 6.45) is -0.661. The van der Waals surface area contributed by atoms with Crippen LogP contribution < -0.4 is 0 Å². The number of carboxylic acids is 1. The molecule has 2 rings (SSSR count). The molecule has 0 aliphatic carbocycles. The fourth-order valence-electron chi connectivity index (χ4n) is 2.44. The van der Waals surface area contributed by atoms with E-state index in [1.807, 2.05) is 6.92 Å². The first-order chi connectivity index (χ1) is 8.50. The van der Waals surface area contributed by atoms with Crippen LogP contribution in [0.25, 0.3) is 0 Å². The Balaban J connectivity index is 2.09. The van der Waals surface area contributed by atoms with Crippen molar-refractivity contribution >= 4 is 12.0 Å². The predicted octanol–water partition coefficient (Wildman–Crippen LogP) is -0.653. The monoisotopic (exact) mass is 258 g/mol. The molecule has 2 N–H and O–H groups in total. The van der Waals surface area contributed by atoms with E-state index >= 15 is 0 Å². The van der Waals surface area contributed by atoms with Gasteiger partial charge in [0.05, 0.1) is 25.4 Å². The second-order valence-corrected chi connectivity index (χ2v) is 4.80. The molecule has 18 heavy (non-hydrogen) atoms. The zero-order valence-electron chi connectivity index (χ0n) is 10.3. The van der Waals surface area contributed by atoms with Crippen LogP contribution in [0.1, 0.15) is 13.3 Å². The van der Waals surface area contributed by atoms with Gasteiger partial charge in [-0.1, -0.05) is 0 Å². The Hall–Kier alpha value is -1.34. The summed E-state index contributed by atoms with van der Waals surface area (Å²) < 4.78 is 5.24. The van der Waals surface area contributed by atoms with Crippen molar-refractivity contribution in [2.24, 2.45) is 0 Å². The van der Waals surface area contributed by atoms with Gasteiger partial charge in [0.25, 0.3) is 0 Å². The molecular weight excluding hydrogens is 240 g/mol. The van der Waals surface area contributed by atoms with Crippen LogP contribution in [0.3, 0.4) is 0 Å². The maximum absolute atomic E-state index is 12.3. The van der Waals surface area contributed by atoms with Gasteiger partial charge in [-0.15, -0.1) is 0 Å². The van der Waals surface area contributed by atoms with Crippen LogP contribution in [0.5, 0.6) is 0 Å². The molecule has 0 radical (unpaired) electrons. The number of carbonyl (C=O) groups is 2. The molecule has 0 bridgehead atoms. The van der Waals surface area contributed by atoms with Crippen molar-refractivity contribution in [3.63, 3.8) is 0 Å². The Morgan fingerprint density at radius 3 is 2.67 bits per heavy atom.